The van der Waals surface area contributed by atoms with E-state index in [4.69, 9.17) is 4.74 Å². The molecule has 0 radical (unpaired) electrons. The van der Waals surface area contributed by atoms with Gasteiger partial charge in [0.1, 0.15) is 5.82 Å². The molecular formula is C17H23FN2O2. The number of carbonyl (C=O) groups is 1. The van der Waals surface area contributed by atoms with Crippen LogP contribution in [0.2, 0.25) is 0 Å². The Bertz CT molecular complexity index is 551. The molecule has 22 heavy (non-hydrogen) atoms. The summed E-state index contributed by atoms with van der Waals surface area (Å²) in [6.07, 6.45) is 2.04. The zero-order chi connectivity index (χ0) is 15.6. The van der Waals surface area contributed by atoms with E-state index in [0.717, 1.165) is 39.1 Å². The highest BCUT2D eigenvalue weighted by atomic mass is 19.1. The van der Waals surface area contributed by atoms with Crippen LogP contribution in [0.3, 0.4) is 0 Å². The van der Waals surface area contributed by atoms with Gasteiger partial charge in [-0.05, 0) is 38.1 Å². The van der Waals surface area contributed by atoms with E-state index >= 15 is 0 Å². The van der Waals surface area contributed by atoms with Crippen molar-refractivity contribution in [1.82, 2.24) is 9.80 Å². The van der Waals surface area contributed by atoms with Crippen molar-refractivity contribution >= 4 is 5.91 Å². The topological polar surface area (TPSA) is 32.8 Å². The second-order valence-corrected chi connectivity index (χ2v) is 6.63. The number of ether oxygens (including phenoxy) is 1. The number of likely N-dealkylation sites (N-methyl/N-ethyl adjacent to an activating group) is 1. The number of halogens is 1. The minimum absolute atomic E-state index is 0.00643. The predicted octanol–water partition coefficient (Wildman–Crippen LogP) is 2.01. The molecular weight excluding hydrogens is 283 g/mol. The molecule has 1 atom stereocenters. The largest absolute Gasteiger partial charge is 0.379 e. The van der Waals surface area contributed by atoms with Crippen molar-refractivity contribution in [3.8, 4) is 0 Å². The van der Waals surface area contributed by atoms with Gasteiger partial charge in [0, 0.05) is 37.2 Å². The van der Waals surface area contributed by atoms with Crippen molar-refractivity contribution in [3.63, 3.8) is 0 Å². The van der Waals surface area contributed by atoms with Gasteiger partial charge in [0.2, 0.25) is 0 Å². The van der Waals surface area contributed by atoms with E-state index in [2.05, 4.69) is 11.9 Å². The first-order valence-electron chi connectivity index (χ1n) is 7.89. The number of carbonyl (C=O) groups excluding carboxylic acids is 1. The summed E-state index contributed by atoms with van der Waals surface area (Å²) in [5.41, 5.74) is 0.437. The molecule has 5 heteroatoms. The standard InChI is InChI=1S/C17H23FN2O2/c1-19-8-9-22-13-17(11-19)6-3-7-20(12-17)16(21)14-4-2-5-15(18)10-14/h2,4-5,10H,3,6-9,11-13H2,1H3/t17-/m1/s1. The highest BCUT2D eigenvalue weighted by Crippen LogP contribution is 2.33. The van der Waals surface area contributed by atoms with Crippen LogP contribution in [0.4, 0.5) is 4.39 Å². The van der Waals surface area contributed by atoms with Crippen molar-refractivity contribution in [3.05, 3.63) is 35.6 Å². The zero-order valence-corrected chi connectivity index (χ0v) is 13.1. The second kappa shape index (κ2) is 6.34. The smallest absolute Gasteiger partial charge is 0.253 e. The Kier molecular flexibility index (Phi) is 4.45. The molecule has 2 fully saturated rings. The van der Waals surface area contributed by atoms with E-state index in [1.54, 1.807) is 12.1 Å². The van der Waals surface area contributed by atoms with Gasteiger partial charge in [0.05, 0.1) is 13.2 Å². The lowest BCUT2D eigenvalue weighted by molar-refractivity contribution is 0.00859. The number of rotatable bonds is 1. The molecule has 1 aromatic rings. The maximum absolute atomic E-state index is 13.4. The summed E-state index contributed by atoms with van der Waals surface area (Å²) in [6.45, 7) is 4.74. The molecule has 0 aromatic heterocycles. The van der Waals surface area contributed by atoms with Crippen molar-refractivity contribution in [2.75, 3.05) is 46.4 Å². The number of nitrogens with zero attached hydrogens (tertiary/aromatic N) is 2. The van der Waals surface area contributed by atoms with E-state index < -0.39 is 0 Å². The maximum atomic E-state index is 13.4. The summed E-state index contributed by atoms with van der Waals surface area (Å²) in [7, 11) is 2.10. The Labute approximate surface area is 130 Å². The van der Waals surface area contributed by atoms with Crippen LogP contribution in [-0.4, -0.2) is 62.1 Å². The Morgan fingerprint density at radius 1 is 1.32 bits per heavy atom. The van der Waals surface area contributed by atoms with Crippen molar-refractivity contribution in [2.45, 2.75) is 12.8 Å². The maximum Gasteiger partial charge on any atom is 0.253 e. The number of hydrogen-bond donors (Lipinski definition) is 0. The van der Waals surface area contributed by atoms with Crippen LogP contribution in [0, 0.1) is 11.2 Å². The lowest BCUT2D eigenvalue weighted by Gasteiger charge is -2.43. The molecule has 1 spiro atoms. The molecule has 2 heterocycles. The van der Waals surface area contributed by atoms with Crippen LogP contribution in [0.5, 0.6) is 0 Å². The number of benzene rings is 1. The van der Waals surface area contributed by atoms with E-state index in [1.165, 1.54) is 12.1 Å². The van der Waals surface area contributed by atoms with Gasteiger partial charge in [-0.2, -0.15) is 0 Å². The molecule has 3 rings (SSSR count). The number of amides is 1. The lowest BCUT2D eigenvalue weighted by atomic mass is 9.80. The van der Waals surface area contributed by atoms with Gasteiger partial charge in [-0.3, -0.25) is 4.79 Å². The van der Waals surface area contributed by atoms with Crippen molar-refractivity contribution < 1.29 is 13.9 Å². The van der Waals surface area contributed by atoms with Gasteiger partial charge < -0.3 is 14.5 Å². The van der Waals surface area contributed by atoms with Crippen LogP contribution < -0.4 is 0 Å². The van der Waals surface area contributed by atoms with E-state index in [-0.39, 0.29) is 17.1 Å². The van der Waals surface area contributed by atoms with E-state index in [9.17, 15) is 9.18 Å². The molecule has 2 saturated heterocycles. The third kappa shape index (κ3) is 3.31. The lowest BCUT2D eigenvalue weighted by Crippen LogP contribution is -2.51. The van der Waals surface area contributed by atoms with Crippen LogP contribution in [-0.2, 0) is 4.74 Å². The first-order chi connectivity index (χ1) is 10.6. The van der Waals surface area contributed by atoms with Gasteiger partial charge in [-0.15, -0.1) is 0 Å². The number of piperidine rings is 1. The van der Waals surface area contributed by atoms with Gasteiger partial charge >= 0.3 is 0 Å². The molecule has 2 aliphatic heterocycles. The molecule has 0 bridgehead atoms. The van der Waals surface area contributed by atoms with Crippen LogP contribution in [0.1, 0.15) is 23.2 Å². The van der Waals surface area contributed by atoms with Gasteiger partial charge in [-0.25, -0.2) is 4.39 Å². The molecule has 4 nitrogen and oxygen atoms in total. The fraction of sp³-hybridized carbons (Fsp3) is 0.588. The average Bonchev–Trinajstić information content (AvgIpc) is 2.68. The first-order valence-corrected chi connectivity index (χ1v) is 7.89. The van der Waals surface area contributed by atoms with Crippen LogP contribution in [0.25, 0.3) is 0 Å². The van der Waals surface area contributed by atoms with Crippen molar-refractivity contribution in [2.24, 2.45) is 5.41 Å². The summed E-state index contributed by atoms with van der Waals surface area (Å²) in [6, 6.07) is 5.95. The van der Waals surface area contributed by atoms with Gasteiger partial charge in [0.15, 0.2) is 0 Å². The third-order valence-corrected chi connectivity index (χ3v) is 4.65. The fourth-order valence-electron chi connectivity index (χ4n) is 3.64. The number of likely N-dealkylation sites (tertiary alicyclic amines) is 1. The monoisotopic (exact) mass is 306 g/mol. The highest BCUT2D eigenvalue weighted by Gasteiger charge is 2.39. The van der Waals surface area contributed by atoms with Crippen molar-refractivity contribution in [1.29, 1.82) is 0 Å². The number of hydrogen-bond acceptors (Lipinski definition) is 3. The Morgan fingerprint density at radius 2 is 2.18 bits per heavy atom. The fourth-order valence-corrected chi connectivity index (χ4v) is 3.64. The second-order valence-electron chi connectivity index (χ2n) is 6.63. The normalized spacial score (nSPS) is 26.9. The van der Waals surface area contributed by atoms with Crippen LogP contribution in [0.15, 0.2) is 24.3 Å². The molecule has 1 amide bonds. The molecule has 0 aliphatic carbocycles. The summed E-state index contributed by atoms with van der Waals surface area (Å²) < 4.78 is 19.1. The Balaban J connectivity index is 1.76. The van der Waals surface area contributed by atoms with Gasteiger partial charge in [0.25, 0.3) is 5.91 Å². The highest BCUT2D eigenvalue weighted by molar-refractivity contribution is 5.94. The third-order valence-electron chi connectivity index (χ3n) is 4.65. The molecule has 0 saturated carbocycles. The molecule has 2 aliphatic rings. The summed E-state index contributed by atoms with van der Waals surface area (Å²) in [5, 5.41) is 0. The average molecular weight is 306 g/mol. The van der Waals surface area contributed by atoms with E-state index in [1.807, 2.05) is 4.90 Å². The SMILES string of the molecule is CN1CCOC[C@]2(CCCN(C(=O)c3cccc(F)c3)C2)C1. The minimum atomic E-state index is -0.366. The quantitative estimate of drug-likeness (QED) is 0.796. The molecule has 0 N–H and O–H groups in total. The van der Waals surface area contributed by atoms with Gasteiger partial charge in [-0.1, -0.05) is 6.07 Å². The summed E-state index contributed by atoms with van der Waals surface area (Å²) in [5.74, 6) is -0.444. The molecule has 0 unspecified atom stereocenters. The Morgan fingerprint density at radius 3 is 3.00 bits per heavy atom. The Hall–Kier alpha value is -1.46. The predicted molar refractivity (Wildman–Crippen MR) is 82.3 cm³/mol. The molecule has 120 valence electrons. The first kappa shape index (κ1) is 15.4. The summed E-state index contributed by atoms with van der Waals surface area (Å²) in [4.78, 5) is 16.8. The summed E-state index contributed by atoms with van der Waals surface area (Å²) >= 11 is 0. The van der Waals surface area contributed by atoms with E-state index in [0.29, 0.717) is 18.7 Å². The van der Waals surface area contributed by atoms with Crippen LogP contribution >= 0.6 is 0 Å². The zero-order valence-electron chi connectivity index (χ0n) is 13.1. The molecule has 1 aromatic carbocycles. The minimum Gasteiger partial charge on any atom is -0.379 e.